The van der Waals surface area contributed by atoms with E-state index in [1.165, 1.54) is 0 Å². The van der Waals surface area contributed by atoms with Crippen molar-refractivity contribution in [1.82, 2.24) is 9.78 Å². The molecular weight excluding hydrogens is 218 g/mol. The second-order valence-corrected chi connectivity index (χ2v) is 3.87. The summed E-state index contributed by atoms with van der Waals surface area (Å²) >= 11 is 0. The van der Waals surface area contributed by atoms with Gasteiger partial charge in [0.2, 0.25) is 0 Å². The molecule has 2 heterocycles. The van der Waals surface area contributed by atoms with Crippen LogP contribution in [0, 0.1) is 0 Å². The third-order valence-electron chi connectivity index (χ3n) is 2.74. The lowest BCUT2D eigenvalue weighted by atomic mass is 10.2. The van der Waals surface area contributed by atoms with E-state index in [2.05, 4.69) is 5.10 Å². The first-order valence-corrected chi connectivity index (χ1v) is 5.16. The van der Waals surface area contributed by atoms with Crippen molar-refractivity contribution >= 4 is 16.7 Å². The Hall–Kier alpha value is -2.43. The van der Waals surface area contributed by atoms with Crippen molar-refractivity contribution in [3.63, 3.8) is 0 Å². The van der Waals surface area contributed by atoms with Crippen LogP contribution in [0.25, 0.3) is 22.4 Å². The zero-order chi connectivity index (χ0) is 12.0. The molecular formula is C12H11N3O2. The number of fused-ring (bicyclic) bond motifs is 1. The van der Waals surface area contributed by atoms with E-state index in [1.54, 1.807) is 42.2 Å². The molecule has 0 radical (unpaired) electrons. The Morgan fingerprint density at radius 3 is 2.88 bits per heavy atom. The first-order chi connectivity index (χ1) is 8.16. The number of aromatic hydroxyl groups is 1. The molecule has 0 spiro atoms. The van der Waals surface area contributed by atoms with Crippen molar-refractivity contribution in [2.24, 2.45) is 7.05 Å². The maximum absolute atomic E-state index is 9.71. The first-order valence-electron chi connectivity index (χ1n) is 5.16. The number of rotatable bonds is 1. The zero-order valence-corrected chi connectivity index (χ0v) is 9.21. The van der Waals surface area contributed by atoms with Gasteiger partial charge < -0.3 is 15.3 Å². The summed E-state index contributed by atoms with van der Waals surface area (Å²) in [6, 6.07) is 6.91. The molecule has 0 unspecified atom stereocenters. The van der Waals surface area contributed by atoms with Crippen molar-refractivity contribution in [2.45, 2.75) is 0 Å². The molecule has 0 saturated carbocycles. The SMILES string of the molecule is Cn1ncc(N)c1-c1cc2c(O)cccc2o1. The van der Waals surface area contributed by atoms with Crippen molar-refractivity contribution in [3.8, 4) is 17.2 Å². The van der Waals surface area contributed by atoms with Crippen molar-refractivity contribution < 1.29 is 9.52 Å². The number of aromatic nitrogens is 2. The number of benzene rings is 1. The highest BCUT2D eigenvalue weighted by Gasteiger charge is 2.14. The molecule has 0 fully saturated rings. The summed E-state index contributed by atoms with van der Waals surface area (Å²) in [5.41, 5.74) is 7.71. The number of hydrogen-bond acceptors (Lipinski definition) is 4. The normalized spacial score (nSPS) is 11.1. The molecule has 0 atom stereocenters. The highest BCUT2D eigenvalue weighted by molar-refractivity contribution is 5.88. The van der Waals surface area contributed by atoms with E-state index in [9.17, 15) is 5.11 Å². The van der Waals surface area contributed by atoms with Gasteiger partial charge in [0.25, 0.3) is 0 Å². The van der Waals surface area contributed by atoms with E-state index in [0.29, 0.717) is 28.1 Å². The zero-order valence-electron chi connectivity index (χ0n) is 9.21. The van der Waals surface area contributed by atoms with Gasteiger partial charge in [0.1, 0.15) is 17.0 Å². The number of phenolic OH excluding ortho intramolecular Hbond substituents is 1. The predicted octanol–water partition coefficient (Wildman–Crippen LogP) is 2.12. The molecule has 0 aliphatic rings. The van der Waals surface area contributed by atoms with Crippen LogP contribution in [0.4, 0.5) is 5.69 Å². The number of phenols is 1. The molecule has 5 nitrogen and oxygen atoms in total. The van der Waals surface area contributed by atoms with Gasteiger partial charge in [0.15, 0.2) is 5.76 Å². The maximum atomic E-state index is 9.71. The summed E-state index contributed by atoms with van der Waals surface area (Å²) < 4.78 is 7.30. The minimum atomic E-state index is 0.193. The summed E-state index contributed by atoms with van der Waals surface area (Å²) in [5.74, 6) is 0.789. The van der Waals surface area contributed by atoms with Crippen LogP contribution in [0.3, 0.4) is 0 Å². The molecule has 0 bridgehead atoms. The van der Waals surface area contributed by atoms with Crippen molar-refractivity contribution in [2.75, 3.05) is 5.73 Å². The van der Waals surface area contributed by atoms with Gasteiger partial charge in [-0.15, -0.1) is 0 Å². The number of furan rings is 1. The summed E-state index contributed by atoms with van der Waals surface area (Å²) in [4.78, 5) is 0. The van der Waals surface area contributed by atoms with Gasteiger partial charge in [-0.2, -0.15) is 5.10 Å². The van der Waals surface area contributed by atoms with Gasteiger partial charge in [-0.1, -0.05) is 6.07 Å². The molecule has 0 saturated heterocycles. The van der Waals surface area contributed by atoms with Crippen LogP contribution in [0.1, 0.15) is 0 Å². The smallest absolute Gasteiger partial charge is 0.155 e. The molecule has 0 aliphatic heterocycles. The van der Waals surface area contributed by atoms with Crippen LogP contribution in [-0.2, 0) is 7.05 Å². The molecule has 0 amide bonds. The van der Waals surface area contributed by atoms with Crippen LogP contribution in [0.15, 0.2) is 34.9 Å². The van der Waals surface area contributed by atoms with Gasteiger partial charge in [-0.25, -0.2) is 0 Å². The van der Waals surface area contributed by atoms with Crippen LogP contribution >= 0.6 is 0 Å². The number of nitrogen functional groups attached to an aromatic ring is 1. The Morgan fingerprint density at radius 1 is 1.41 bits per heavy atom. The first kappa shape index (κ1) is 9.77. The lowest BCUT2D eigenvalue weighted by Crippen LogP contribution is -1.94. The van der Waals surface area contributed by atoms with Gasteiger partial charge in [0.05, 0.1) is 17.3 Å². The number of aryl methyl sites for hydroxylation is 1. The third-order valence-corrected chi connectivity index (χ3v) is 2.74. The number of nitrogens with two attached hydrogens (primary N) is 1. The van der Waals surface area contributed by atoms with Crippen molar-refractivity contribution in [1.29, 1.82) is 0 Å². The van der Waals surface area contributed by atoms with Crippen LogP contribution in [-0.4, -0.2) is 14.9 Å². The van der Waals surface area contributed by atoms with E-state index in [-0.39, 0.29) is 5.75 Å². The third kappa shape index (κ3) is 1.36. The molecule has 17 heavy (non-hydrogen) atoms. The monoisotopic (exact) mass is 229 g/mol. The lowest BCUT2D eigenvalue weighted by molar-refractivity contribution is 0.481. The molecule has 0 aliphatic carbocycles. The summed E-state index contributed by atoms with van der Waals surface area (Å²) in [6.07, 6.45) is 1.57. The number of anilines is 1. The number of hydrogen-bond donors (Lipinski definition) is 2. The summed E-state index contributed by atoms with van der Waals surface area (Å²) in [6.45, 7) is 0. The van der Waals surface area contributed by atoms with Crippen LogP contribution in [0.2, 0.25) is 0 Å². The Bertz CT molecular complexity index is 677. The minimum absolute atomic E-state index is 0.193. The van der Waals surface area contributed by atoms with Gasteiger partial charge in [0, 0.05) is 7.05 Å². The molecule has 1 aromatic carbocycles. The fourth-order valence-corrected chi connectivity index (χ4v) is 1.92. The van der Waals surface area contributed by atoms with E-state index >= 15 is 0 Å². The van der Waals surface area contributed by atoms with Gasteiger partial charge in [-0.05, 0) is 18.2 Å². The topological polar surface area (TPSA) is 77.2 Å². The summed E-state index contributed by atoms with van der Waals surface area (Å²) in [5, 5.41) is 14.4. The molecule has 3 rings (SSSR count). The molecule has 86 valence electrons. The maximum Gasteiger partial charge on any atom is 0.155 e. The van der Waals surface area contributed by atoms with Crippen LogP contribution < -0.4 is 5.73 Å². The Balaban J connectivity index is 2.29. The highest BCUT2D eigenvalue weighted by Crippen LogP contribution is 2.34. The molecule has 3 aromatic rings. The average Bonchev–Trinajstić information content (AvgIpc) is 2.84. The Labute approximate surface area is 97.1 Å². The largest absolute Gasteiger partial charge is 0.507 e. The second kappa shape index (κ2) is 3.28. The summed E-state index contributed by atoms with van der Waals surface area (Å²) in [7, 11) is 1.79. The van der Waals surface area contributed by atoms with Crippen LogP contribution in [0.5, 0.6) is 5.75 Å². The number of nitrogens with zero attached hydrogens (tertiary/aromatic N) is 2. The van der Waals surface area contributed by atoms with E-state index < -0.39 is 0 Å². The molecule has 2 aromatic heterocycles. The molecule has 3 N–H and O–H groups in total. The average molecular weight is 229 g/mol. The second-order valence-electron chi connectivity index (χ2n) is 3.87. The predicted molar refractivity (Wildman–Crippen MR) is 64.5 cm³/mol. The Morgan fingerprint density at radius 2 is 2.24 bits per heavy atom. The van der Waals surface area contributed by atoms with E-state index in [1.807, 2.05) is 0 Å². The minimum Gasteiger partial charge on any atom is -0.507 e. The highest BCUT2D eigenvalue weighted by atomic mass is 16.3. The van der Waals surface area contributed by atoms with Gasteiger partial charge in [-0.3, -0.25) is 4.68 Å². The van der Waals surface area contributed by atoms with Gasteiger partial charge >= 0.3 is 0 Å². The van der Waals surface area contributed by atoms with Crippen molar-refractivity contribution in [3.05, 3.63) is 30.5 Å². The quantitative estimate of drug-likeness (QED) is 0.670. The fraction of sp³-hybridized carbons (Fsp3) is 0.0833. The standard InChI is InChI=1S/C12H11N3O2/c1-15-12(8(13)6-14-15)11-5-7-9(16)3-2-4-10(7)17-11/h2-6,16H,13H2,1H3. The fourth-order valence-electron chi connectivity index (χ4n) is 1.92. The van der Waals surface area contributed by atoms with E-state index in [0.717, 1.165) is 0 Å². The lowest BCUT2D eigenvalue weighted by Gasteiger charge is -1.97. The Kier molecular flexibility index (Phi) is 1.89. The van der Waals surface area contributed by atoms with E-state index in [4.69, 9.17) is 10.2 Å². The molecule has 5 heteroatoms.